The fourth-order valence-corrected chi connectivity index (χ4v) is 5.58. The van der Waals surface area contributed by atoms with Crippen molar-refractivity contribution in [3.05, 3.63) is 70.1 Å². The molecule has 3 heterocycles. The highest BCUT2D eigenvalue weighted by atomic mass is 16.2. The molecule has 33 heavy (non-hydrogen) atoms. The first-order valence-corrected chi connectivity index (χ1v) is 11.7. The number of hydrogen-bond acceptors (Lipinski definition) is 4. The highest BCUT2D eigenvalue weighted by Crippen LogP contribution is 2.37. The molecule has 2 aliphatic heterocycles. The predicted octanol–water partition coefficient (Wildman–Crippen LogP) is 2.47. The topological polar surface area (TPSA) is 85.1 Å². The van der Waals surface area contributed by atoms with E-state index in [9.17, 15) is 14.4 Å². The van der Waals surface area contributed by atoms with Gasteiger partial charge in [0.2, 0.25) is 11.8 Å². The third kappa shape index (κ3) is 4.13. The Morgan fingerprint density at radius 1 is 0.939 bits per heavy atom. The molecule has 1 unspecified atom stereocenters. The molecule has 1 atom stereocenters. The molecular formula is C26H30N4O3. The number of benzene rings is 2. The highest BCUT2D eigenvalue weighted by Gasteiger charge is 2.34. The van der Waals surface area contributed by atoms with Crippen molar-refractivity contribution in [2.75, 3.05) is 13.1 Å². The minimum absolute atomic E-state index is 0.172. The molecule has 0 aliphatic carbocycles. The van der Waals surface area contributed by atoms with Gasteiger partial charge in [-0.15, -0.1) is 0 Å². The maximum Gasteiger partial charge on any atom is 0.329 e. The number of carbonyl (C=O) groups excluding carboxylic acids is 2. The lowest BCUT2D eigenvalue weighted by atomic mass is 9.70. The Labute approximate surface area is 192 Å². The van der Waals surface area contributed by atoms with Gasteiger partial charge in [-0.05, 0) is 73.9 Å². The molecule has 7 nitrogen and oxygen atoms in total. The lowest BCUT2D eigenvalue weighted by Crippen LogP contribution is -2.44. The Balaban J connectivity index is 1.49. The van der Waals surface area contributed by atoms with Gasteiger partial charge >= 0.3 is 5.69 Å². The quantitative estimate of drug-likeness (QED) is 0.590. The van der Waals surface area contributed by atoms with Gasteiger partial charge in [-0.2, -0.15) is 0 Å². The number of rotatable bonds is 5. The summed E-state index contributed by atoms with van der Waals surface area (Å²) in [5, 5.41) is 5.86. The van der Waals surface area contributed by atoms with Crippen LogP contribution in [0.15, 0.2) is 53.3 Å². The van der Waals surface area contributed by atoms with Crippen LogP contribution in [-0.4, -0.2) is 34.0 Å². The lowest BCUT2D eigenvalue weighted by Gasteiger charge is -2.38. The summed E-state index contributed by atoms with van der Waals surface area (Å²) in [5.74, 6) is -0.682. The number of fused-ring (bicyclic) bond motifs is 1. The van der Waals surface area contributed by atoms with Crippen LogP contribution in [-0.2, 0) is 29.5 Å². The summed E-state index contributed by atoms with van der Waals surface area (Å²) in [4.78, 5) is 37.1. The van der Waals surface area contributed by atoms with E-state index < -0.39 is 11.9 Å². The fourth-order valence-electron chi connectivity index (χ4n) is 5.58. The summed E-state index contributed by atoms with van der Waals surface area (Å²) in [6.45, 7) is 2.03. The standard InChI is InChI=1S/C26H30N4O3/c1-29-22-15-19(17-26(11-13-27-14-12-26)16-18-5-3-2-4-6-18)7-8-20(22)30(25(29)33)21-9-10-23(31)28-24(21)32/h2-8,15,21,27H,9-14,16-17H2,1H3,(H,28,31,32). The van der Waals surface area contributed by atoms with E-state index in [1.54, 1.807) is 16.2 Å². The molecule has 2 N–H and O–H groups in total. The first kappa shape index (κ1) is 21.6. The Morgan fingerprint density at radius 3 is 2.39 bits per heavy atom. The van der Waals surface area contributed by atoms with Gasteiger partial charge in [0.05, 0.1) is 11.0 Å². The van der Waals surface area contributed by atoms with Crippen molar-refractivity contribution in [1.82, 2.24) is 19.8 Å². The number of imide groups is 1. The lowest BCUT2D eigenvalue weighted by molar-refractivity contribution is -0.135. The van der Waals surface area contributed by atoms with Crippen molar-refractivity contribution < 1.29 is 9.59 Å². The maximum absolute atomic E-state index is 13.1. The van der Waals surface area contributed by atoms with E-state index in [1.807, 2.05) is 6.07 Å². The van der Waals surface area contributed by atoms with Gasteiger partial charge in [-0.3, -0.25) is 24.0 Å². The first-order valence-electron chi connectivity index (χ1n) is 11.7. The molecule has 0 spiro atoms. The summed E-state index contributed by atoms with van der Waals surface area (Å²) in [6.07, 6.45) is 4.78. The molecule has 3 aromatic rings. The fraction of sp³-hybridized carbons (Fsp3) is 0.423. The first-order chi connectivity index (χ1) is 16.0. The van der Waals surface area contributed by atoms with Gasteiger partial charge in [0.25, 0.3) is 0 Å². The highest BCUT2D eigenvalue weighted by molar-refractivity contribution is 6.00. The number of hydrogen-bond donors (Lipinski definition) is 2. The SMILES string of the molecule is Cn1c(=O)n(C2CCC(=O)NC2=O)c2ccc(CC3(Cc4ccccc4)CCNCC3)cc21. The Bertz CT molecular complexity index is 1250. The van der Waals surface area contributed by atoms with Crippen LogP contribution < -0.4 is 16.3 Å². The van der Waals surface area contributed by atoms with E-state index in [1.165, 1.54) is 11.1 Å². The van der Waals surface area contributed by atoms with Gasteiger partial charge in [-0.25, -0.2) is 4.79 Å². The van der Waals surface area contributed by atoms with Crippen molar-refractivity contribution >= 4 is 22.8 Å². The van der Waals surface area contributed by atoms with E-state index in [0.717, 1.165) is 49.8 Å². The van der Waals surface area contributed by atoms with Crippen LogP contribution in [0.25, 0.3) is 11.0 Å². The third-order valence-electron chi connectivity index (χ3n) is 7.34. The van der Waals surface area contributed by atoms with Crippen LogP contribution >= 0.6 is 0 Å². The minimum Gasteiger partial charge on any atom is -0.317 e. The van der Waals surface area contributed by atoms with Crippen LogP contribution in [0, 0.1) is 5.41 Å². The smallest absolute Gasteiger partial charge is 0.317 e. The number of nitrogens with zero attached hydrogens (tertiary/aromatic N) is 2. The van der Waals surface area contributed by atoms with E-state index in [4.69, 9.17) is 0 Å². The number of piperidine rings is 2. The monoisotopic (exact) mass is 446 g/mol. The molecule has 0 bridgehead atoms. The van der Waals surface area contributed by atoms with Crippen molar-refractivity contribution in [3.63, 3.8) is 0 Å². The average molecular weight is 447 g/mol. The van der Waals surface area contributed by atoms with Crippen molar-refractivity contribution in [3.8, 4) is 0 Å². The largest absolute Gasteiger partial charge is 0.329 e. The number of amides is 2. The number of aryl methyl sites for hydroxylation is 1. The second-order valence-electron chi connectivity index (χ2n) is 9.59. The van der Waals surface area contributed by atoms with Crippen molar-refractivity contribution in [2.24, 2.45) is 12.5 Å². The zero-order valence-electron chi connectivity index (χ0n) is 19.0. The van der Waals surface area contributed by atoms with Gasteiger partial charge < -0.3 is 5.32 Å². The summed E-state index contributed by atoms with van der Waals surface area (Å²) in [7, 11) is 1.75. The van der Waals surface area contributed by atoms with E-state index >= 15 is 0 Å². The summed E-state index contributed by atoms with van der Waals surface area (Å²) < 4.78 is 3.17. The van der Waals surface area contributed by atoms with E-state index in [0.29, 0.717) is 6.42 Å². The van der Waals surface area contributed by atoms with E-state index in [2.05, 4.69) is 53.1 Å². The summed E-state index contributed by atoms with van der Waals surface area (Å²) >= 11 is 0. The minimum atomic E-state index is -0.654. The average Bonchev–Trinajstić information content (AvgIpc) is 3.05. The van der Waals surface area contributed by atoms with Crippen LogP contribution in [0.1, 0.15) is 42.9 Å². The van der Waals surface area contributed by atoms with Crippen LogP contribution in [0.2, 0.25) is 0 Å². The Morgan fingerprint density at radius 2 is 1.67 bits per heavy atom. The van der Waals surface area contributed by atoms with Crippen molar-refractivity contribution in [2.45, 2.75) is 44.6 Å². The second kappa shape index (κ2) is 8.63. The Kier molecular flexibility index (Phi) is 5.66. The van der Waals surface area contributed by atoms with Crippen LogP contribution in [0.5, 0.6) is 0 Å². The molecule has 2 aromatic carbocycles. The van der Waals surface area contributed by atoms with Gasteiger partial charge in [0.15, 0.2) is 0 Å². The summed E-state index contributed by atoms with van der Waals surface area (Å²) in [5.41, 5.74) is 4.07. The van der Waals surface area contributed by atoms with Gasteiger partial charge in [0.1, 0.15) is 6.04 Å². The molecule has 2 amide bonds. The second-order valence-corrected chi connectivity index (χ2v) is 9.59. The summed E-state index contributed by atoms with van der Waals surface area (Å²) in [6, 6.07) is 16.2. The molecule has 0 radical (unpaired) electrons. The number of imidazole rings is 1. The molecule has 5 rings (SSSR count). The molecule has 0 saturated carbocycles. The number of nitrogens with one attached hydrogen (secondary N) is 2. The van der Waals surface area contributed by atoms with E-state index in [-0.39, 0.29) is 23.4 Å². The zero-order valence-corrected chi connectivity index (χ0v) is 19.0. The molecule has 1 aromatic heterocycles. The van der Waals surface area contributed by atoms with Crippen LogP contribution in [0.3, 0.4) is 0 Å². The van der Waals surface area contributed by atoms with Gasteiger partial charge in [-0.1, -0.05) is 36.4 Å². The number of aromatic nitrogens is 2. The third-order valence-corrected chi connectivity index (χ3v) is 7.34. The molecule has 7 heteroatoms. The Hall–Kier alpha value is -3.19. The van der Waals surface area contributed by atoms with Gasteiger partial charge in [0, 0.05) is 13.5 Å². The molecule has 2 aliphatic rings. The van der Waals surface area contributed by atoms with Crippen molar-refractivity contribution in [1.29, 1.82) is 0 Å². The molecule has 172 valence electrons. The van der Waals surface area contributed by atoms with Crippen LogP contribution in [0.4, 0.5) is 0 Å². The maximum atomic E-state index is 13.1. The zero-order chi connectivity index (χ0) is 23.0. The molecular weight excluding hydrogens is 416 g/mol. The normalized spacial score (nSPS) is 20.7. The predicted molar refractivity (Wildman–Crippen MR) is 127 cm³/mol. The molecule has 2 saturated heterocycles. The number of carbonyl (C=O) groups is 2. The molecule has 2 fully saturated rings.